The molecule has 5 heteroatoms. The summed E-state index contributed by atoms with van der Waals surface area (Å²) in [5, 5.41) is 2.82. The normalized spacial score (nSPS) is 10.3. The van der Waals surface area contributed by atoms with Crippen molar-refractivity contribution in [1.29, 1.82) is 0 Å². The molecule has 0 saturated carbocycles. The van der Waals surface area contributed by atoms with E-state index in [-0.39, 0.29) is 24.8 Å². The van der Waals surface area contributed by atoms with Gasteiger partial charge in [0.25, 0.3) is 0 Å². The number of carbonyl (C=O) groups excluding carboxylic acids is 2. The van der Waals surface area contributed by atoms with Crippen molar-refractivity contribution in [1.82, 2.24) is 0 Å². The van der Waals surface area contributed by atoms with Crippen LogP contribution in [-0.2, 0) is 9.59 Å². The maximum absolute atomic E-state index is 13.3. The third-order valence-corrected chi connectivity index (χ3v) is 3.85. The van der Waals surface area contributed by atoms with Gasteiger partial charge in [-0.15, -0.1) is 0 Å². The van der Waals surface area contributed by atoms with Gasteiger partial charge >= 0.3 is 0 Å². The van der Waals surface area contributed by atoms with Gasteiger partial charge in [0.1, 0.15) is 5.82 Å². The quantitative estimate of drug-likeness (QED) is 0.907. The summed E-state index contributed by atoms with van der Waals surface area (Å²) in [4.78, 5) is 25.3. The molecule has 0 aliphatic carbocycles. The van der Waals surface area contributed by atoms with Crippen LogP contribution in [0.15, 0.2) is 42.5 Å². The molecule has 0 saturated heterocycles. The number of amides is 2. The molecular formula is C19H21FN2O2. The highest BCUT2D eigenvalue weighted by molar-refractivity contribution is 5.94. The second-order valence-electron chi connectivity index (χ2n) is 5.75. The average molecular weight is 328 g/mol. The topological polar surface area (TPSA) is 49.4 Å². The third kappa shape index (κ3) is 4.65. The molecule has 0 bridgehead atoms. The third-order valence-electron chi connectivity index (χ3n) is 3.85. The number of aryl methyl sites for hydroxylation is 2. The SMILES string of the molecule is CC(=O)N(CCC(=O)Nc1ccc(C)c(C)c1)c1cccc(F)c1. The van der Waals surface area contributed by atoms with Crippen LogP contribution in [0.4, 0.5) is 15.8 Å². The zero-order valence-corrected chi connectivity index (χ0v) is 14.1. The number of halogens is 1. The van der Waals surface area contributed by atoms with E-state index in [1.165, 1.54) is 30.0 Å². The lowest BCUT2D eigenvalue weighted by atomic mass is 10.1. The Morgan fingerprint density at radius 1 is 1.08 bits per heavy atom. The van der Waals surface area contributed by atoms with Crippen molar-refractivity contribution in [3.8, 4) is 0 Å². The van der Waals surface area contributed by atoms with Crippen molar-refractivity contribution in [3.05, 3.63) is 59.4 Å². The molecule has 0 aliphatic rings. The maximum Gasteiger partial charge on any atom is 0.226 e. The Morgan fingerprint density at radius 3 is 2.46 bits per heavy atom. The molecule has 2 aromatic carbocycles. The Balaban J connectivity index is 2.00. The molecular weight excluding hydrogens is 307 g/mol. The summed E-state index contributed by atoms with van der Waals surface area (Å²) >= 11 is 0. The van der Waals surface area contributed by atoms with E-state index in [1.54, 1.807) is 6.07 Å². The summed E-state index contributed by atoms with van der Waals surface area (Å²) in [5.74, 6) is -0.848. The maximum atomic E-state index is 13.3. The summed E-state index contributed by atoms with van der Waals surface area (Å²) in [5.41, 5.74) is 3.42. The first-order chi connectivity index (χ1) is 11.4. The number of hydrogen-bond acceptors (Lipinski definition) is 2. The molecule has 2 aromatic rings. The fourth-order valence-corrected chi connectivity index (χ4v) is 2.37. The number of nitrogens with zero attached hydrogens (tertiary/aromatic N) is 1. The molecule has 0 fully saturated rings. The average Bonchev–Trinajstić information content (AvgIpc) is 2.51. The molecule has 126 valence electrons. The van der Waals surface area contributed by atoms with Crippen molar-refractivity contribution < 1.29 is 14.0 Å². The van der Waals surface area contributed by atoms with Gasteiger partial charge in [-0.2, -0.15) is 0 Å². The highest BCUT2D eigenvalue weighted by Gasteiger charge is 2.14. The molecule has 4 nitrogen and oxygen atoms in total. The van der Waals surface area contributed by atoms with E-state index in [0.717, 1.165) is 16.8 Å². The Kier molecular flexibility index (Phi) is 5.68. The van der Waals surface area contributed by atoms with Crippen LogP contribution in [0.5, 0.6) is 0 Å². The second kappa shape index (κ2) is 7.73. The number of anilines is 2. The number of rotatable bonds is 5. The lowest BCUT2D eigenvalue weighted by Gasteiger charge is -2.21. The van der Waals surface area contributed by atoms with Gasteiger partial charge < -0.3 is 10.2 Å². The first kappa shape index (κ1) is 17.7. The minimum atomic E-state index is -0.418. The van der Waals surface area contributed by atoms with Crippen LogP contribution in [0, 0.1) is 19.7 Å². The van der Waals surface area contributed by atoms with Gasteiger partial charge in [-0.1, -0.05) is 12.1 Å². The molecule has 0 radical (unpaired) electrons. The van der Waals surface area contributed by atoms with E-state index in [1.807, 2.05) is 32.0 Å². The van der Waals surface area contributed by atoms with Crippen LogP contribution in [0.3, 0.4) is 0 Å². The summed E-state index contributed by atoms with van der Waals surface area (Å²) in [6.45, 7) is 5.57. The number of benzene rings is 2. The van der Waals surface area contributed by atoms with Crippen LogP contribution in [0.25, 0.3) is 0 Å². The zero-order chi connectivity index (χ0) is 17.7. The van der Waals surface area contributed by atoms with Crippen molar-refractivity contribution in [3.63, 3.8) is 0 Å². The van der Waals surface area contributed by atoms with E-state index in [0.29, 0.717) is 5.69 Å². The van der Waals surface area contributed by atoms with Crippen molar-refractivity contribution in [2.45, 2.75) is 27.2 Å². The van der Waals surface area contributed by atoms with Gasteiger partial charge in [0.2, 0.25) is 11.8 Å². The van der Waals surface area contributed by atoms with Crippen molar-refractivity contribution in [2.24, 2.45) is 0 Å². The number of hydrogen-bond donors (Lipinski definition) is 1. The van der Waals surface area contributed by atoms with E-state index >= 15 is 0 Å². The molecule has 2 amide bonds. The first-order valence-electron chi connectivity index (χ1n) is 7.77. The number of carbonyl (C=O) groups is 2. The van der Waals surface area contributed by atoms with Crippen LogP contribution >= 0.6 is 0 Å². The lowest BCUT2D eigenvalue weighted by Crippen LogP contribution is -2.32. The smallest absolute Gasteiger partial charge is 0.226 e. The van der Waals surface area contributed by atoms with Gasteiger partial charge in [0.15, 0.2) is 0 Å². The molecule has 1 N–H and O–H groups in total. The molecule has 0 unspecified atom stereocenters. The molecule has 0 spiro atoms. The van der Waals surface area contributed by atoms with Gasteiger partial charge in [-0.05, 0) is 55.3 Å². The number of nitrogens with one attached hydrogen (secondary N) is 1. The summed E-state index contributed by atoms with van der Waals surface area (Å²) in [6.07, 6.45) is 0.128. The van der Waals surface area contributed by atoms with Gasteiger partial charge in [-0.3, -0.25) is 9.59 Å². The van der Waals surface area contributed by atoms with Crippen LogP contribution in [-0.4, -0.2) is 18.4 Å². The Morgan fingerprint density at radius 2 is 1.83 bits per heavy atom. The predicted octanol–water partition coefficient (Wildman–Crippen LogP) is 3.82. The van der Waals surface area contributed by atoms with Gasteiger partial charge in [-0.25, -0.2) is 4.39 Å². The highest BCUT2D eigenvalue weighted by atomic mass is 19.1. The highest BCUT2D eigenvalue weighted by Crippen LogP contribution is 2.17. The van der Waals surface area contributed by atoms with E-state index < -0.39 is 5.82 Å². The summed E-state index contributed by atoms with van der Waals surface area (Å²) < 4.78 is 13.3. The lowest BCUT2D eigenvalue weighted by molar-refractivity contribution is -0.117. The monoisotopic (exact) mass is 328 g/mol. The van der Waals surface area contributed by atoms with Crippen molar-refractivity contribution >= 4 is 23.2 Å². The zero-order valence-electron chi connectivity index (χ0n) is 14.1. The van der Waals surface area contributed by atoms with Crippen LogP contribution in [0.2, 0.25) is 0 Å². The Hall–Kier alpha value is -2.69. The fourth-order valence-electron chi connectivity index (χ4n) is 2.37. The molecule has 2 rings (SSSR count). The van der Waals surface area contributed by atoms with Gasteiger partial charge in [0, 0.05) is 31.3 Å². The van der Waals surface area contributed by atoms with E-state index in [4.69, 9.17) is 0 Å². The van der Waals surface area contributed by atoms with E-state index in [9.17, 15) is 14.0 Å². The summed E-state index contributed by atoms with van der Waals surface area (Å²) in [7, 11) is 0. The second-order valence-corrected chi connectivity index (χ2v) is 5.75. The predicted molar refractivity (Wildman–Crippen MR) is 93.6 cm³/mol. The molecule has 0 heterocycles. The standard InChI is InChI=1S/C19H21FN2O2/c1-13-7-8-17(11-14(13)2)21-19(24)9-10-22(15(3)23)18-6-4-5-16(20)12-18/h4-8,11-12H,9-10H2,1-3H3,(H,21,24). The van der Waals surface area contributed by atoms with Gasteiger partial charge in [0.05, 0.1) is 0 Å². The fraction of sp³-hybridized carbons (Fsp3) is 0.263. The Bertz CT molecular complexity index is 759. The van der Waals surface area contributed by atoms with Crippen molar-refractivity contribution in [2.75, 3.05) is 16.8 Å². The van der Waals surface area contributed by atoms with Crippen LogP contribution in [0.1, 0.15) is 24.5 Å². The molecule has 24 heavy (non-hydrogen) atoms. The molecule has 0 aromatic heterocycles. The Labute approximate surface area is 141 Å². The minimum Gasteiger partial charge on any atom is -0.326 e. The summed E-state index contributed by atoms with van der Waals surface area (Å²) in [6, 6.07) is 11.5. The largest absolute Gasteiger partial charge is 0.326 e. The first-order valence-corrected chi connectivity index (χ1v) is 7.77. The van der Waals surface area contributed by atoms with Crippen LogP contribution < -0.4 is 10.2 Å². The molecule has 0 aliphatic heterocycles. The molecule has 0 atom stereocenters. The minimum absolute atomic E-state index is 0.128. The van der Waals surface area contributed by atoms with E-state index in [2.05, 4.69) is 5.32 Å².